The molecule has 0 aromatic carbocycles. The lowest BCUT2D eigenvalue weighted by atomic mass is 9.86. The molecule has 3 heterocycles. The first-order valence-electron chi connectivity index (χ1n) is 5.28. The van der Waals surface area contributed by atoms with Crippen LogP contribution in [0.2, 0.25) is 0 Å². The summed E-state index contributed by atoms with van der Waals surface area (Å²) >= 11 is 0. The van der Waals surface area contributed by atoms with Gasteiger partial charge in [0.05, 0.1) is 18.7 Å². The number of aromatic nitrogens is 2. The molecule has 16 heavy (non-hydrogen) atoms. The van der Waals surface area contributed by atoms with Gasteiger partial charge in [-0.1, -0.05) is 0 Å². The van der Waals surface area contributed by atoms with Gasteiger partial charge in [-0.3, -0.25) is 0 Å². The van der Waals surface area contributed by atoms with Crippen molar-refractivity contribution in [3.05, 3.63) is 18.2 Å². The van der Waals surface area contributed by atoms with Crippen molar-refractivity contribution in [2.75, 3.05) is 20.2 Å². The molecule has 1 unspecified atom stereocenters. The average Bonchev–Trinajstić information content (AvgIpc) is 2.78. The number of hydrogen-bond donors (Lipinski definition) is 1. The van der Waals surface area contributed by atoms with Crippen molar-refractivity contribution in [3.63, 3.8) is 0 Å². The molecule has 2 aliphatic heterocycles. The first-order valence-corrected chi connectivity index (χ1v) is 5.28. The quantitative estimate of drug-likeness (QED) is 0.674. The molecule has 0 bridgehead atoms. The van der Waals surface area contributed by atoms with Gasteiger partial charge in [0.25, 0.3) is 0 Å². The van der Waals surface area contributed by atoms with Gasteiger partial charge in [0.2, 0.25) is 0 Å². The Bertz CT molecular complexity index is 436. The maximum absolute atomic E-state index is 11.3. The number of hydrogen-bond acceptors (Lipinski definition) is 4. The van der Waals surface area contributed by atoms with E-state index >= 15 is 0 Å². The van der Waals surface area contributed by atoms with Crippen LogP contribution in [-0.2, 0) is 10.3 Å². The van der Waals surface area contributed by atoms with Crippen LogP contribution in [0.4, 0.5) is 4.79 Å². The van der Waals surface area contributed by atoms with Crippen molar-refractivity contribution in [1.29, 1.82) is 0 Å². The van der Waals surface area contributed by atoms with E-state index in [0.717, 1.165) is 12.2 Å². The lowest BCUT2D eigenvalue weighted by Gasteiger charge is -2.47. The zero-order valence-electron chi connectivity index (χ0n) is 9.09. The lowest BCUT2D eigenvalue weighted by Crippen LogP contribution is -2.62. The third kappa shape index (κ3) is 1.05. The highest BCUT2D eigenvalue weighted by Crippen LogP contribution is 2.43. The fourth-order valence-corrected chi connectivity index (χ4v) is 2.79. The highest BCUT2D eigenvalue weighted by molar-refractivity contribution is 5.69. The molecule has 6 heteroatoms. The van der Waals surface area contributed by atoms with Crippen LogP contribution in [0.5, 0.6) is 0 Å². The maximum atomic E-state index is 11.3. The summed E-state index contributed by atoms with van der Waals surface area (Å²) in [5, 5.41) is 0. The Hall–Kier alpha value is -1.56. The third-order valence-corrected chi connectivity index (χ3v) is 3.52. The summed E-state index contributed by atoms with van der Waals surface area (Å²) < 4.78 is 6.79. The van der Waals surface area contributed by atoms with Gasteiger partial charge in [0.1, 0.15) is 5.82 Å². The van der Waals surface area contributed by atoms with Crippen LogP contribution in [0, 0.1) is 0 Å². The molecule has 2 aliphatic rings. The number of ether oxygens (including phenoxy) is 1. The standard InChI is InChI=1S/C10H14N4O2/c1-16-9(15)13-5-10(6-13)4-7(11)8-12-2-3-14(8)10/h2-3,7H,4-6,11H2,1H3. The van der Waals surface area contributed by atoms with Gasteiger partial charge in [0.15, 0.2) is 0 Å². The van der Waals surface area contributed by atoms with Crippen LogP contribution < -0.4 is 5.73 Å². The predicted octanol–water partition coefficient (Wildman–Crippen LogP) is 0.0639. The SMILES string of the molecule is COC(=O)N1CC2(CC(N)c3nccn32)C1. The number of likely N-dealkylation sites (tertiary alicyclic amines) is 1. The van der Waals surface area contributed by atoms with E-state index in [0.29, 0.717) is 13.1 Å². The number of fused-ring (bicyclic) bond motifs is 2. The molecule has 6 nitrogen and oxygen atoms in total. The van der Waals surface area contributed by atoms with Crippen molar-refractivity contribution >= 4 is 6.09 Å². The Morgan fingerprint density at radius 1 is 1.69 bits per heavy atom. The summed E-state index contributed by atoms with van der Waals surface area (Å²) in [6.07, 6.45) is 4.28. The minimum Gasteiger partial charge on any atom is -0.453 e. The minimum absolute atomic E-state index is 0.0187. The number of nitrogens with two attached hydrogens (primary N) is 1. The fraction of sp³-hybridized carbons (Fsp3) is 0.600. The normalized spacial score (nSPS) is 25.4. The zero-order valence-corrected chi connectivity index (χ0v) is 9.09. The molecule has 1 aromatic rings. The van der Waals surface area contributed by atoms with E-state index in [1.807, 2.05) is 6.20 Å². The van der Waals surface area contributed by atoms with Gasteiger partial charge >= 0.3 is 6.09 Å². The van der Waals surface area contributed by atoms with E-state index < -0.39 is 0 Å². The van der Waals surface area contributed by atoms with Gasteiger partial charge in [-0.05, 0) is 6.42 Å². The number of nitrogens with zero attached hydrogens (tertiary/aromatic N) is 3. The Morgan fingerprint density at radius 2 is 2.44 bits per heavy atom. The second kappa shape index (κ2) is 2.98. The molecule has 0 aliphatic carbocycles. The van der Waals surface area contributed by atoms with Gasteiger partial charge in [-0.2, -0.15) is 0 Å². The monoisotopic (exact) mass is 222 g/mol. The molecule has 3 rings (SSSR count). The molecule has 1 amide bonds. The summed E-state index contributed by atoms with van der Waals surface area (Å²) in [7, 11) is 1.40. The number of amides is 1. The van der Waals surface area contributed by atoms with Crippen molar-refractivity contribution in [2.24, 2.45) is 5.73 Å². The van der Waals surface area contributed by atoms with Crippen LogP contribution >= 0.6 is 0 Å². The van der Waals surface area contributed by atoms with Crippen LogP contribution in [-0.4, -0.2) is 40.7 Å². The first-order chi connectivity index (χ1) is 7.66. The molecule has 0 radical (unpaired) electrons. The predicted molar refractivity (Wildman–Crippen MR) is 55.7 cm³/mol. The second-order valence-electron chi connectivity index (χ2n) is 4.52. The summed E-state index contributed by atoms with van der Waals surface area (Å²) in [5.41, 5.74) is 5.97. The lowest BCUT2D eigenvalue weighted by molar-refractivity contribution is 0.0144. The first kappa shape index (κ1) is 9.65. The Balaban J connectivity index is 1.83. The molecular weight excluding hydrogens is 208 g/mol. The van der Waals surface area contributed by atoms with Crippen LogP contribution in [0.15, 0.2) is 12.4 Å². The van der Waals surface area contributed by atoms with E-state index in [-0.39, 0.29) is 17.7 Å². The smallest absolute Gasteiger partial charge is 0.409 e. The van der Waals surface area contributed by atoms with Crippen LogP contribution in [0.1, 0.15) is 18.3 Å². The van der Waals surface area contributed by atoms with E-state index in [2.05, 4.69) is 14.3 Å². The van der Waals surface area contributed by atoms with Crippen LogP contribution in [0.3, 0.4) is 0 Å². The van der Waals surface area contributed by atoms with E-state index in [1.54, 1.807) is 11.1 Å². The summed E-state index contributed by atoms with van der Waals surface area (Å²) in [4.78, 5) is 17.2. The summed E-state index contributed by atoms with van der Waals surface area (Å²) in [6, 6.07) is -0.0187. The molecule has 86 valence electrons. The highest BCUT2D eigenvalue weighted by Gasteiger charge is 2.53. The van der Waals surface area contributed by atoms with Crippen molar-refractivity contribution in [2.45, 2.75) is 18.0 Å². The number of methoxy groups -OCH3 is 1. The summed E-state index contributed by atoms with van der Waals surface area (Å²) in [5.74, 6) is 0.921. The second-order valence-corrected chi connectivity index (χ2v) is 4.52. The third-order valence-electron chi connectivity index (χ3n) is 3.52. The van der Waals surface area contributed by atoms with Gasteiger partial charge in [-0.25, -0.2) is 9.78 Å². The molecule has 0 saturated carbocycles. The van der Waals surface area contributed by atoms with Gasteiger partial charge in [-0.15, -0.1) is 0 Å². The number of rotatable bonds is 0. The minimum atomic E-state index is -0.271. The van der Waals surface area contributed by atoms with Gasteiger partial charge in [0, 0.05) is 25.5 Å². The molecule has 2 N–H and O–H groups in total. The van der Waals surface area contributed by atoms with E-state index in [9.17, 15) is 4.79 Å². The largest absolute Gasteiger partial charge is 0.453 e. The Kier molecular flexibility index (Phi) is 1.79. The van der Waals surface area contributed by atoms with Crippen molar-refractivity contribution in [3.8, 4) is 0 Å². The van der Waals surface area contributed by atoms with Crippen molar-refractivity contribution < 1.29 is 9.53 Å². The molecule has 1 atom stereocenters. The number of carbonyl (C=O) groups excluding carboxylic acids is 1. The average molecular weight is 222 g/mol. The van der Waals surface area contributed by atoms with Crippen molar-refractivity contribution in [1.82, 2.24) is 14.5 Å². The fourth-order valence-electron chi connectivity index (χ4n) is 2.79. The molecule has 1 spiro atoms. The van der Waals surface area contributed by atoms with E-state index in [1.165, 1.54) is 7.11 Å². The molecule has 1 fully saturated rings. The topological polar surface area (TPSA) is 73.4 Å². The van der Waals surface area contributed by atoms with Gasteiger partial charge < -0.3 is 19.9 Å². The maximum Gasteiger partial charge on any atom is 0.409 e. The molecular formula is C10H14N4O2. The Labute approximate surface area is 93.0 Å². The number of carbonyl (C=O) groups is 1. The zero-order chi connectivity index (χ0) is 11.3. The summed E-state index contributed by atoms with van der Waals surface area (Å²) in [6.45, 7) is 1.33. The van der Waals surface area contributed by atoms with Crippen LogP contribution in [0.25, 0.3) is 0 Å². The Morgan fingerprint density at radius 3 is 3.12 bits per heavy atom. The molecule has 1 saturated heterocycles. The number of imidazole rings is 1. The molecule has 1 aromatic heterocycles. The highest BCUT2D eigenvalue weighted by atomic mass is 16.5. The van der Waals surface area contributed by atoms with E-state index in [4.69, 9.17) is 5.73 Å².